The molecule has 1 fully saturated rings. The Morgan fingerprint density at radius 3 is 2.76 bits per heavy atom. The molecule has 1 aromatic rings. The van der Waals surface area contributed by atoms with Crippen LogP contribution in [-0.2, 0) is 16.1 Å². The van der Waals surface area contributed by atoms with Crippen LogP contribution in [-0.4, -0.2) is 27.9 Å². The lowest BCUT2D eigenvalue weighted by molar-refractivity contribution is -0.146. The zero-order chi connectivity index (χ0) is 12.5. The van der Waals surface area contributed by atoms with E-state index in [4.69, 9.17) is 33.0 Å². The number of ether oxygens (including phenoxy) is 1. The van der Waals surface area contributed by atoms with Gasteiger partial charge in [0, 0.05) is 5.56 Å². The second-order valence-corrected chi connectivity index (χ2v) is 4.81. The molecule has 7 heteroatoms. The van der Waals surface area contributed by atoms with E-state index in [0.717, 1.165) is 0 Å². The SMILES string of the molecule is O=C(O)C1(COCc2cc(Cl)nnc2Cl)CC1. The molecule has 5 nitrogen and oxygen atoms in total. The Labute approximate surface area is 108 Å². The van der Waals surface area contributed by atoms with Crippen molar-refractivity contribution in [1.29, 1.82) is 0 Å². The van der Waals surface area contributed by atoms with Gasteiger partial charge < -0.3 is 9.84 Å². The van der Waals surface area contributed by atoms with Gasteiger partial charge in [0.25, 0.3) is 0 Å². The second kappa shape index (κ2) is 4.76. The average Bonchev–Trinajstić information content (AvgIpc) is 3.04. The summed E-state index contributed by atoms with van der Waals surface area (Å²) >= 11 is 11.5. The van der Waals surface area contributed by atoms with E-state index in [0.29, 0.717) is 18.4 Å². The summed E-state index contributed by atoms with van der Waals surface area (Å²) in [6.07, 6.45) is 1.32. The van der Waals surface area contributed by atoms with Crippen LogP contribution in [0.25, 0.3) is 0 Å². The van der Waals surface area contributed by atoms with Gasteiger partial charge in [-0.15, -0.1) is 10.2 Å². The molecule has 1 saturated carbocycles. The molecule has 0 unspecified atom stereocenters. The largest absolute Gasteiger partial charge is 0.481 e. The van der Waals surface area contributed by atoms with Gasteiger partial charge >= 0.3 is 5.97 Å². The van der Waals surface area contributed by atoms with Gasteiger partial charge in [-0.2, -0.15) is 0 Å². The van der Waals surface area contributed by atoms with E-state index in [9.17, 15) is 4.79 Å². The molecule has 1 aliphatic carbocycles. The topological polar surface area (TPSA) is 72.3 Å². The van der Waals surface area contributed by atoms with Gasteiger partial charge in [0.2, 0.25) is 0 Å². The first kappa shape index (κ1) is 12.5. The van der Waals surface area contributed by atoms with Gasteiger partial charge in [-0.05, 0) is 18.9 Å². The highest BCUT2D eigenvalue weighted by Gasteiger charge is 2.50. The van der Waals surface area contributed by atoms with E-state index in [1.807, 2.05) is 0 Å². The number of carbonyl (C=O) groups is 1. The number of halogens is 2. The molecule has 1 aromatic heterocycles. The predicted octanol–water partition coefficient (Wildman–Crippen LogP) is 2.16. The third-order valence-electron chi connectivity index (χ3n) is 2.73. The maximum absolute atomic E-state index is 10.9. The summed E-state index contributed by atoms with van der Waals surface area (Å²) in [5.74, 6) is -0.811. The normalized spacial score (nSPS) is 16.8. The highest BCUT2D eigenvalue weighted by molar-refractivity contribution is 6.31. The molecular weight excluding hydrogens is 267 g/mol. The molecule has 0 aromatic carbocycles. The zero-order valence-corrected chi connectivity index (χ0v) is 10.3. The van der Waals surface area contributed by atoms with Gasteiger partial charge in [-0.3, -0.25) is 4.79 Å². The first-order valence-electron chi connectivity index (χ1n) is 5.02. The molecule has 1 heterocycles. The Hall–Kier alpha value is -0.910. The second-order valence-electron chi connectivity index (χ2n) is 4.06. The molecule has 0 spiro atoms. The van der Waals surface area contributed by atoms with Gasteiger partial charge in [0.1, 0.15) is 0 Å². The molecule has 0 atom stereocenters. The minimum atomic E-state index is -0.811. The minimum absolute atomic E-state index is 0.179. The molecule has 17 heavy (non-hydrogen) atoms. The fourth-order valence-corrected chi connectivity index (χ4v) is 1.73. The smallest absolute Gasteiger partial charge is 0.311 e. The lowest BCUT2D eigenvalue weighted by atomic mass is 10.1. The van der Waals surface area contributed by atoms with Crippen molar-refractivity contribution in [3.63, 3.8) is 0 Å². The number of aromatic nitrogens is 2. The lowest BCUT2D eigenvalue weighted by Crippen LogP contribution is -2.21. The fourth-order valence-electron chi connectivity index (χ4n) is 1.42. The van der Waals surface area contributed by atoms with Crippen molar-refractivity contribution in [2.24, 2.45) is 5.41 Å². The summed E-state index contributed by atoms with van der Waals surface area (Å²) in [6.45, 7) is 0.363. The van der Waals surface area contributed by atoms with E-state index in [-0.39, 0.29) is 23.5 Å². The first-order chi connectivity index (χ1) is 8.03. The van der Waals surface area contributed by atoms with Crippen molar-refractivity contribution in [2.75, 3.05) is 6.61 Å². The van der Waals surface area contributed by atoms with Crippen LogP contribution in [0.1, 0.15) is 18.4 Å². The number of hydrogen-bond donors (Lipinski definition) is 1. The number of hydrogen-bond acceptors (Lipinski definition) is 4. The van der Waals surface area contributed by atoms with Crippen LogP contribution in [0.15, 0.2) is 6.07 Å². The molecule has 92 valence electrons. The van der Waals surface area contributed by atoms with Crippen molar-refractivity contribution in [3.05, 3.63) is 21.9 Å². The molecule has 0 radical (unpaired) electrons. The monoisotopic (exact) mass is 276 g/mol. The Kier molecular flexibility index (Phi) is 3.51. The number of rotatable bonds is 5. The van der Waals surface area contributed by atoms with Crippen LogP contribution in [0.3, 0.4) is 0 Å². The molecule has 0 aliphatic heterocycles. The van der Waals surface area contributed by atoms with Crippen molar-refractivity contribution in [3.8, 4) is 0 Å². The van der Waals surface area contributed by atoms with Crippen LogP contribution in [0.4, 0.5) is 0 Å². The molecule has 0 saturated heterocycles. The summed E-state index contributed by atoms with van der Waals surface area (Å²) in [4.78, 5) is 10.9. The van der Waals surface area contributed by atoms with Crippen LogP contribution in [0.5, 0.6) is 0 Å². The molecule has 0 bridgehead atoms. The van der Waals surface area contributed by atoms with Crippen LogP contribution in [0, 0.1) is 5.41 Å². The first-order valence-corrected chi connectivity index (χ1v) is 5.78. The Bertz CT molecular complexity index is 449. The maximum atomic E-state index is 10.9. The lowest BCUT2D eigenvalue weighted by Gasteiger charge is -2.10. The van der Waals surface area contributed by atoms with E-state index in [2.05, 4.69) is 10.2 Å². The molecule has 0 amide bonds. The van der Waals surface area contributed by atoms with Crippen molar-refractivity contribution >= 4 is 29.2 Å². The quantitative estimate of drug-likeness (QED) is 0.892. The zero-order valence-electron chi connectivity index (χ0n) is 8.82. The van der Waals surface area contributed by atoms with Gasteiger partial charge in [0.15, 0.2) is 10.3 Å². The summed E-state index contributed by atoms with van der Waals surface area (Å²) in [7, 11) is 0. The van der Waals surface area contributed by atoms with E-state index >= 15 is 0 Å². The predicted molar refractivity (Wildman–Crippen MR) is 61.0 cm³/mol. The van der Waals surface area contributed by atoms with Crippen molar-refractivity contribution < 1.29 is 14.6 Å². The maximum Gasteiger partial charge on any atom is 0.311 e. The number of carboxylic acid groups (broad SMARTS) is 1. The van der Waals surface area contributed by atoms with Crippen molar-refractivity contribution in [2.45, 2.75) is 19.4 Å². The third kappa shape index (κ3) is 2.86. The summed E-state index contributed by atoms with van der Waals surface area (Å²) in [5.41, 5.74) is -0.0932. The minimum Gasteiger partial charge on any atom is -0.481 e. The van der Waals surface area contributed by atoms with Crippen molar-refractivity contribution in [1.82, 2.24) is 10.2 Å². The summed E-state index contributed by atoms with van der Waals surface area (Å²) < 4.78 is 5.35. The van der Waals surface area contributed by atoms with Crippen LogP contribution < -0.4 is 0 Å². The molecule has 1 N–H and O–H groups in total. The Morgan fingerprint density at radius 2 is 2.18 bits per heavy atom. The third-order valence-corrected chi connectivity index (χ3v) is 3.24. The number of aliphatic carboxylic acids is 1. The average molecular weight is 277 g/mol. The van der Waals surface area contributed by atoms with E-state index < -0.39 is 11.4 Å². The molecule has 1 aliphatic rings. The summed E-state index contributed by atoms with van der Waals surface area (Å²) in [6, 6.07) is 1.55. The summed E-state index contributed by atoms with van der Waals surface area (Å²) in [5, 5.41) is 16.6. The van der Waals surface area contributed by atoms with E-state index in [1.165, 1.54) is 0 Å². The Morgan fingerprint density at radius 1 is 1.47 bits per heavy atom. The van der Waals surface area contributed by atoms with Gasteiger partial charge in [-0.1, -0.05) is 23.2 Å². The molecule has 2 rings (SSSR count). The Balaban J connectivity index is 1.90. The standard InChI is InChI=1S/C10H10Cl2N2O3/c11-7-3-6(8(12)14-13-7)4-17-5-10(1-2-10)9(15)16/h3H,1-2,4-5H2,(H,15,16). The molecular formula is C10H10Cl2N2O3. The van der Waals surface area contributed by atoms with Gasteiger partial charge in [0.05, 0.1) is 18.6 Å². The van der Waals surface area contributed by atoms with Crippen LogP contribution >= 0.6 is 23.2 Å². The van der Waals surface area contributed by atoms with Gasteiger partial charge in [-0.25, -0.2) is 0 Å². The van der Waals surface area contributed by atoms with Crippen LogP contribution in [0.2, 0.25) is 10.3 Å². The highest BCUT2D eigenvalue weighted by atomic mass is 35.5. The fraction of sp³-hybridized carbons (Fsp3) is 0.500. The number of nitrogens with zero attached hydrogens (tertiary/aromatic N) is 2. The number of carboxylic acids is 1. The van der Waals surface area contributed by atoms with E-state index in [1.54, 1.807) is 6.07 Å². The highest BCUT2D eigenvalue weighted by Crippen LogP contribution is 2.46.